The van der Waals surface area contributed by atoms with Crippen LogP contribution in [0.5, 0.6) is 0 Å². The minimum Gasteiger partial charge on any atom is -0.465 e. The number of rotatable bonds is 20. The number of nitrogens with zero attached hydrogens (tertiary/aromatic N) is 8. The maximum Gasteiger partial charge on any atom is 0.302 e. The largest absolute Gasteiger partial charge is 0.465 e. The molecule has 7 unspecified atom stereocenters. The first-order valence-electron chi connectivity index (χ1n) is 31.3. The molecule has 7 aliphatic heterocycles. The summed E-state index contributed by atoms with van der Waals surface area (Å²) in [6, 6.07) is 8.66. The molecule has 18 nitrogen and oxygen atoms in total. The number of hydrogen-bond acceptors (Lipinski definition) is 15. The molecule has 1 spiro atoms. The van der Waals surface area contributed by atoms with Gasteiger partial charge in [0.25, 0.3) is 5.91 Å². The molecule has 2 aromatic heterocycles. The summed E-state index contributed by atoms with van der Waals surface area (Å²) in [6.07, 6.45) is 9.93. The third-order valence-corrected chi connectivity index (χ3v) is 20.2. The molecule has 8 atom stereocenters. The number of aromatic nitrogens is 2. The van der Waals surface area contributed by atoms with Gasteiger partial charge in [-0.1, -0.05) is 27.7 Å². The van der Waals surface area contributed by atoms with Gasteiger partial charge in [0, 0.05) is 144 Å². The van der Waals surface area contributed by atoms with E-state index < -0.39 is 23.6 Å². The molecule has 12 rings (SSSR count). The Balaban J connectivity index is 0.904. The van der Waals surface area contributed by atoms with E-state index >= 15 is 9.59 Å². The maximum absolute atomic E-state index is 15.6. The number of aryl methyl sites for hydroxylation is 1. The Morgan fingerprint density at radius 2 is 1.67 bits per heavy atom. The second kappa shape index (κ2) is 23.6. The Bertz CT molecular complexity index is 2740. The number of methoxy groups -OCH3 is 1. The summed E-state index contributed by atoms with van der Waals surface area (Å²) < 4.78 is 33.0. The summed E-state index contributed by atoms with van der Waals surface area (Å²) in [7, 11) is 1.76. The van der Waals surface area contributed by atoms with E-state index in [1.54, 1.807) is 7.11 Å². The molecule has 18 heteroatoms. The SMILES string of the molecule is CCn1c(-c2cc(N3CCN(C4CC4)CC3)cnc2C(C)OC)c(CC(C)(C)COC(C)=O)c2cc(N3CCOC(C(C(NC(=O)C(C(C)C)N4CCC[C@@H]4C4CCOCC4)C(=O)N4CC5CC5CN4)N4CC5(COC5)C4)C3)ccc21. The van der Waals surface area contributed by atoms with E-state index in [9.17, 15) is 4.79 Å². The van der Waals surface area contributed by atoms with Gasteiger partial charge in [-0.2, -0.15) is 0 Å². The Labute approximate surface area is 481 Å². The molecular weight excluding hydrogens is 1020 g/mol. The molecule has 0 radical (unpaired) electrons. The Morgan fingerprint density at radius 1 is 0.889 bits per heavy atom. The van der Waals surface area contributed by atoms with Gasteiger partial charge in [-0.3, -0.25) is 39.1 Å². The van der Waals surface area contributed by atoms with Crippen LogP contribution in [0.25, 0.3) is 22.2 Å². The van der Waals surface area contributed by atoms with E-state index in [0.29, 0.717) is 69.7 Å². The summed E-state index contributed by atoms with van der Waals surface area (Å²) in [5.74, 6) is 1.19. The normalized spacial score (nSPS) is 27.2. The number of likely N-dealkylation sites (tertiary alicyclic amines) is 2. The number of carbonyl (C=O) groups is 3. The topological polar surface area (TPSA) is 159 Å². The monoisotopic (exact) mass is 1120 g/mol. The number of piperazine rings is 1. The highest BCUT2D eigenvalue weighted by Crippen LogP contribution is 2.46. The molecule has 9 heterocycles. The standard InChI is InChI=1S/C63H94N10O8/c1-9-71-53-15-14-47(28-49(53)51(30-62(6,7)37-81-42(5)74)58(71)50-29-48(32-64-55(50)41(4)77-8)68-21-19-67(20-22-68)46-12-13-46)69-23-26-80-54(34-69)59(70-35-63(36-70)38-79-39-63)56(61(76)73-33-45-27-44(45)31-65-73)66-60(75)57(40(2)3)72-18-10-11-52(72)43-16-24-78-25-17-43/h14-15,28-29,32,40-41,43-46,52,54,56-57,59,65H,9-13,16-27,30-31,33-39H2,1-8H3,(H,66,75)/t41?,44?,45?,52-,54?,56?,57?,59?/m1/s1. The third-order valence-electron chi connectivity index (χ3n) is 20.2. The predicted molar refractivity (Wildman–Crippen MR) is 313 cm³/mol. The van der Waals surface area contributed by atoms with Crippen molar-refractivity contribution in [1.82, 2.24) is 40.0 Å². The zero-order valence-electron chi connectivity index (χ0n) is 50.0. The van der Waals surface area contributed by atoms with Crippen LogP contribution in [0, 0.1) is 34.5 Å². The lowest BCUT2D eigenvalue weighted by atomic mass is 9.75. The molecule has 9 fully saturated rings. The quantitative estimate of drug-likeness (QED) is 0.124. The average Bonchev–Trinajstić information content (AvgIpc) is 4.13. The second-order valence-corrected chi connectivity index (χ2v) is 27.0. The molecule has 7 saturated heterocycles. The lowest BCUT2D eigenvalue weighted by Gasteiger charge is -2.59. The van der Waals surface area contributed by atoms with Crippen LogP contribution in [0.15, 0.2) is 30.5 Å². The lowest BCUT2D eigenvalue weighted by molar-refractivity contribution is -0.212. The first-order valence-corrected chi connectivity index (χ1v) is 31.3. The molecular formula is C63H94N10O8. The number of hydrazine groups is 1. The van der Waals surface area contributed by atoms with Crippen LogP contribution in [0.2, 0.25) is 0 Å². The van der Waals surface area contributed by atoms with E-state index in [1.807, 2.05) is 11.2 Å². The van der Waals surface area contributed by atoms with Gasteiger partial charge in [0.2, 0.25) is 5.91 Å². The Morgan fingerprint density at radius 3 is 2.35 bits per heavy atom. The van der Waals surface area contributed by atoms with Crippen molar-refractivity contribution in [1.29, 1.82) is 0 Å². The molecule has 2 saturated carbocycles. The molecule has 0 bridgehead atoms. The highest BCUT2D eigenvalue weighted by molar-refractivity contribution is 5.95. The maximum atomic E-state index is 15.6. The minimum absolute atomic E-state index is 0.0406. The summed E-state index contributed by atoms with van der Waals surface area (Å²) in [4.78, 5) is 61.2. The lowest BCUT2D eigenvalue weighted by Crippen LogP contribution is -2.76. The number of carbonyl (C=O) groups excluding carboxylic acids is 3. The van der Waals surface area contributed by atoms with Crippen LogP contribution >= 0.6 is 0 Å². The summed E-state index contributed by atoms with van der Waals surface area (Å²) in [6.45, 7) is 28.0. The van der Waals surface area contributed by atoms with Crippen molar-refractivity contribution in [2.45, 2.75) is 149 Å². The number of hydrogen-bond donors (Lipinski definition) is 2. The molecule has 2 aliphatic carbocycles. The first kappa shape index (κ1) is 57.1. The van der Waals surface area contributed by atoms with E-state index in [4.69, 9.17) is 28.7 Å². The summed E-state index contributed by atoms with van der Waals surface area (Å²) in [5, 5.41) is 6.56. The number of fused-ring (bicyclic) bond motifs is 2. The van der Waals surface area contributed by atoms with Gasteiger partial charge >= 0.3 is 5.97 Å². The van der Waals surface area contributed by atoms with E-state index in [1.165, 1.54) is 25.3 Å². The summed E-state index contributed by atoms with van der Waals surface area (Å²) >= 11 is 0. The molecule has 1 aromatic carbocycles. The van der Waals surface area contributed by atoms with Gasteiger partial charge in [0.1, 0.15) is 6.04 Å². The number of pyridine rings is 1. The number of esters is 1. The zero-order chi connectivity index (χ0) is 56.3. The summed E-state index contributed by atoms with van der Waals surface area (Å²) in [5.41, 5.74) is 10.7. The fraction of sp³-hybridized carbons (Fsp3) is 0.746. The highest BCUT2D eigenvalue weighted by Gasteiger charge is 2.57. The highest BCUT2D eigenvalue weighted by atomic mass is 16.5. The van der Waals surface area contributed by atoms with Crippen molar-refractivity contribution < 1.29 is 38.1 Å². The second-order valence-electron chi connectivity index (χ2n) is 27.0. The zero-order valence-corrected chi connectivity index (χ0v) is 50.0. The van der Waals surface area contributed by atoms with Crippen LogP contribution in [-0.4, -0.2) is 202 Å². The Kier molecular flexibility index (Phi) is 16.6. The van der Waals surface area contributed by atoms with Gasteiger partial charge in [-0.15, -0.1) is 0 Å². The van der Waals surface area contributed by atoms with Crippen molar-refractivity contribution >= 4 is 40.1 Å². The van der Waals surface area contributed by atoms with Crippen LogP contribution in [-0.2, 0) is 51.0 Å². The number of anilines is 2. The van der Waals surface area contributed by atoms with Gasteiger partial charge in [-0.05, 0) is 125 Å². The fourth-order valence-corrected chi connectivity index (χ4v) is 15.5. The van der Waals surface area contributed by atoms with E-state index in [0.717, 1.165) is 149 Å². The van der Waals surface area contributed by atoms with Gasteiger partial charge in [0.15, 0.2) is 0 Å². The number of morpholine rings is 1. The molecule has 444 valence electrons. The van der Waals surface area contributed by atoms with Crippen LogP contribution < -0.4 is 20.5 Å². The molecule has 9 aliphatic rings. The number of amides is 2. The predicted octanol–water partition coefficient (Wildman–Crippen LogP) is 6.14. The van der Waals surface area contributed by atoms with Gasteiger partial charge in [0.05, 0.1) is 74.0 Å². The third kappa shape index (κ3) is 11.8. The van der Waals surface area contributed by atoms with Crippen LogP contribution in [0.1, 0.15) is 111 Å². The van der Waals surface area contributed by atoms with Crippen molar-refractivity contribution in [3.63, 3.8) is 0 Å². The van der Waals surface area contributed by atoms with Crippen LogP contribution in [0.3, 0.4) is 0 Å². The van der Waals surface area contributed by atoms with Crippen molar-refractivity contribution in [3.05, 3.63) is 41.7 Å². The average molecular weight is 1120 g/mol. The van der Waals surface area contributed by atoms with Crippen molar-refractivity contribution in [2.75, 3.05) is 129 Å². The molecule has 81 heavy (non-hydrogen) atoms. The number of benzene rings is 1. The number of ether oxygens (including phenoxy) is 5. The fourth-order valence-electron chi connectivity index (χ4n) is 15.5. The van der Waals surface area contributed by atoms with Crippen molar-refractivity contribution in [2.24, 2.45) is 34.5 Å². The first-order chi connectivity index (χ1) is 39.1. The van der Waals surface area contributed by atoms with E-state index in [2.05, 4.69) is 106 Å². The molecule has 3 aromatic rings. The molecule has 2 amide bonds. The smallest absolute Gasteiger partial charge is 0.302 e. The van der Waals surface area contributed by atoms with Crippen LogP contribution in [0.4, 0.5) is 11.4 Å². The number of nitrogens with one attached hydrogen (secondary N) is 2. The van der Waals surface area contributed by atoms with Crippen molar-refractivity contribution in [3.8, 4) is 11.3 Å². The molecule has 2 N–H and O–H groups in total. The van der Waals surface area contributed by atoms with Gasteiger partial charge < -0.3 is 43.4 Å². The van der Waals surface area contributed by atoms with E-state index in [-0.39, 0.29) is 47.9 Å². The van der Waals surface area contributed by atoms with Gasteiger partial charge in [-0.25, -0.2) is 5.43 Å². The minimum atomic E-state index is -0.848. The Hall–Kier alpha value is -4.40.